The molecule has 0 bridgehead atoms. The van der Waals surface area contributed by atoms with Crippen molar-refractivity contribution in [2.24, 2.45) is 0 Å². The highest BCUT2D eigenvalue weighted by Gasteiger charge is 2.21. The van der Waals surface area contributed by atoms with Gasteiger partial charge in [-0.3, -0.25) is 4.79 Å². The molecule has 1 aliphatic heterocycles. The number of hydrogen-bond acceptors (Lipinski definition) is 4. The largest absolute Gasteiger partial charge is 0.346 e. The van der Waals surface area contributed by atoms with Gasteiger partial charge in [-0.05, 0) is 32.4 Å². The molecule has 1 saturated heterocycles. The van der Waals surface area contributed by atoms with E-state index in [1.54, 1.807) is 4.90 Å². The van der Waals surface area contributed by atoms with Crippen LogP contribution in [-0.4, -0.2) is 48.0 Å². The van der Waals surface area contributed by atoms with Crippen LogP contribution in [-0.2, 0) is 11.3 Å². The third kappa shape index (κ3) is 3.93. The van der Waals surface area contributed by atoms with E-state index in [0.29, 0.717) is 6.54 Å². The molecule has 0 aliphatic carbocycles. The Hall–Kier alpha value is -1.62. The highest BCUT2D eigenvalue weighted by molar-refractivity contribution is 5.82. The van der Waals surface area contributed by atoms with Gasteiger partial charge in [-0.15, -0.1) is 0 Å². The average molecular weight is 276 g/mol. The number of pyridine rings is 1. The second kappa shape index (κ2) is 5.79. The van der Waals surface area contributed by atoms with Crippen molar-refractivity contribution in [1.29, 1.82) is 0 Å². The molecule has 5 heteroatoms. The van der Waals surface area contributed by atoms with E-state index >= 15 is 0 Å². The molecule has 1 amide bonds. The summed E-state index contributed by atoms with van der Waals surface area (Å²) in [5, 5.41) is 3.44. The Labute approximate surface area is 121 Å². The molecule has 1 N–H and O–H groups in total. The first-order valence-corrected chi connectivity index (χ1v) is 7.04. The van der Waals surface area contributed by atoms with Crippen LogP contribution < -0.4 is 10.2 Å². The molecule has 5 nitrogen and oxygen atoms in total. The van der Waals surface area contributed by atoms with Gasteiger partial charge in [0.25, 0.3) is 0 Å². The van der Waals surface area contributed by atoms with Gasteiger partial charge in [0.2, 0.25) is 5.91 Å². The first kappa shape index (κ1) is 14.8. The second-order valence-corrected chi connectivity index (χ2v) is 6.37. The van der Waals surface area contributed by atoms with Crippen LogP contribution in [0.25, 0.3) is 0 Å². The van der Waals surface area contributed by atoms with Crippen LogP contribution in [0.15, 0.2) is 18.3 Å². The molecule has 0 atom stereocenters. The lowest BCUT2D eigenvalue weighted by Gasteiger charge is -2.32. The summed E-state index contributed by atoms with van der Waals surface area (Å²) >= 11 is 0. The number of carbonyl (C=O) groups excluding carboxylic acids is 1. The summed E-state index contributed by atoms with van der Waals surface area (Å²) in [6.07, 6.45) is 1.89. The van der Waals surface area contributed by atoms with E-state index in [-0.39, 0.29) is 11.4 Å². The highest BCUT2D eigenvalue weighted by atomic mass is 16.2. The third-order valence-corrected chi connectivity index (χ3v) is 3.41. The lowest BCUT2D eigenvalue weighted by atomic mass is 10.1. The Morgan fingerprint density at radius 2 is 2.05 bits per heavy atom. The topological polar surface area (TPSA) is 48.5 Å². The standard InChI is InChI=1S/C15H24N4O/c1-15(2,3)17-10-12-5-6-13(16-9-12)19-8-7-18(4)14(20)11-19/h5-6,9,17H,7-8,10-11H2,1-4H3. The van der Waals surface area contributed by atoms with Crippen molar-refractivity contribution in [1.82, 2.24) is 15.2 Å². The fourth-order valence-electron chi connectivity index (χ4n) is 2.03. The Bertz CT molecular complexity index is 464. The molecule has 0 saturated carbocycles. The fraction of sp³-hybridized carbons (Fsp3) is 0.600. The minimum atomic E-state index is 0.0997. The number of nitrogens with one attached hydrogen (secondary N) is 1. The zero-order chi connectivity index (χ0) is 14.8. The van der Waals surface area contributed by atoms with E-state index in [9.17, 15) is 4.79 Å². The highest BCUT2D eigenvalue weighted by Crippen LogP contribution is 2.14. The number of hydrogen-bond donors (Lipinski definition) is 1. The molecule has 1 fully saturated rings. The van der Waals surface area contributed by atoms with Gasteiger partial charge < -0.3 is 15.1 Å². The summed E-state index contributed by atoms with van der Waals surface area (Å²) in [6.45, 7) is 9.25. The molecule has 1 aliphatic rings. The van der Waals surface area contributed by atoms with Crippen molar-refractivity contribution in [3.8, 4) is 0 Å². The Balaban J connectivity index is 1.96. The van der Waals surface area contributed by atoms with Crippen molar-refractivity contribution in [2.75, 3.05) is 31.6 Å². The van der Waals surface area contributed by atoms with Crippen LogP contribution in [0.5, 0.6) is 0 Å². The van der Waals surface area contributed by atoms with Crippen LogP contribution in [0.4, 0.5) is 5.82 Å². The van der Waals surface area contributed by atoms with Gasteiger partial charge >= 0.3 is 0 Å². The predicted molar refractivity (Wildman–Crippen MR) is 80.7 cm³/mol. The molecule has 0 aromatic carbocycles. The van der Waals surface area contributed by atoms with Crippen molar-refractivity contribution >= 4 is 11.7 Å². The van der Waals surface area contributed by atoms with Crippen molar-refractivity contribution in [3.63, 3.8) is 0 Å². The summed E-state index contributed by atoms with van der Waals surface area (Å²) in [5.74, 6) is 1.03. The van der Waals surface area contributed by atoms with Crippen LogP contribution in [0.1, 0.15) is 26.3 Å². The molecule has 0 spiro atoms. The quantitative estimate of drug-likeness (QED) is 0.902. The monoisotopic (exact) mass is 276 g/mol. The molecule has 0 unspecified atom stereocenters. The molecular weight excluding hydrogens is 252 g/mol. The van der Waals surface area contributed by atoms with E-state index < -0.39 is 0 Å². The Morgan fingerprint density at radius 3 is 2.60 bits per heavy atom. The summed E-state index contributed by atoms with van der Waals surface area (Å²) in [7, 11) is 1.84. The van der Waals surface area contributed by atoms with Gasteiger partial charge in [-0.25, -0.2) is 4.98 Å². The minimum absolute atomic E-state index is 0.0997. The van der Waals surface area contributed by atoms with E-state index in [1.807, 2.05) is 24.2 Å². The number of carbonyl (C=O) groups is 1. The number of likely N-dealkylation sites (N-methyl/N-ethyl adjacent to an activating group) is 1. The van der Waals surface area contributed by atoms with Crippen LogP contribution in [0.3, 0.4) is 0 Å². The van der Waals surface area contributed by atoms with Crippen LogP contribution >= 0.6 is 0 Å². The first-order chi connectivity index (χ1) is 9.35. The Kier molecular flexibility index (Phi) is 4.28. The van der Waals surface area contributed by atoms with Gasteiger partial charge in [0.05, 0.1) is 6.54 Å². The maximum Gasteiger partial charge on any atom is 0.241 e. The molecular formula is C15H24N4O. The van der Waals surface area contributed by atoms with Crippen molar-refractivity contribution < 1.29 is 4.79 Å². The molecule has 0 radical (unpaired) electrons. The third-order valence-electron chi connectivity index (χ3n) is 3.41. The maximum absolute atomic E-state index is 11.7. The van der Waals surface area contributed by atoms with Crippen LogP contribution in [0, 0.1) is 0 Å². The molecule has 20 heavy (non-hydrogen) atoms. The van der Waals surface area contributed by atoms with E-state index in [2.05, 4.69) is 37.1 Å². The first-order valence-electron chi connectivity index (χ1n) is 7.04. The summed E-state index contributed by atoms with van der Waals surface area (Å²) in [6, 6.07) is 4.07. The number of anilines is 1. The molecule has 2 heterocycles. The lowest BCUT2D eigenvalue weighted by Crippen LogP contribution is -2.48. The van der Waals surface area contributed by atoms with Gasteiger partial charge in [-0.2, -0.15) is 0 Å². The summed E-state index contributed by atoms with van der Waals surface area (Å²) in [4.78, 5) is 20.0. The van der Waals surface area contributed by atoms with Gasteiger partial charge in [0, 0.05) is 38.4 Å². The number of rotatable bonds is 3. The maximum atomic E-state index is 11.7. The van der Waals surface area contributed by atoms with E-state index in [0.717, 1.165) is 31.0 Å². The van der Waals surface area contributed by atoms with E-state index in [1.165, 1.54) is 0 Å². The van der Waals surface area contributed by atoms with Crippen LogP contribution in [0.2, 0.25) is 0 Å². The molecule has 1 aromatic heterocycles. The number of piperazine rings is 1. The van der Waals surface area contributed by atoms with E-state index in [4.69, 9.17) is 0 Å². The smallest absolute Gasteiger partial charge is 0.241 e. The van der Waals surface area contributed by atoms with Gasteiger partial charge in [0.1, 0.15) is 5.82 Å². The summed E-state index contributed by atoms with van der Waals surface area (Å²) in [5.41, 5.74) is 1.26. The normalized spacial score (nSPS) is 16.7. The van der Waals surface area contributed by atoms with Crippen molar-refractivity contribution in [3.05, 3.63) is 23.9 Å². The number of nitrogens with zero attached hydrogens (tertiary/aromatic N) is 3. The van der Waals surface area contributed by atoms with Gasteiger partial charge in [-0.1, -0.05) is 6.07 Å². The predicted octanol–water partition coefficient (Wildman–Crippen LogP) is 1.25. The molecule has 2 rings (SSSR count). The number of amides is 1. The number of aromatic nitrogens is 1. The average Bonchev–Trinajstić information content (AvgIpc) is 2.39. The zero-order valence-electron chi connectivity index (χ0n) is 12.8. The Morgan fingerprint density at radius 1 is 1.30 bits per heavy atom. The minimum Gasteiger partial charge on any atom is -0.346 e. The lowest BCUT2D eigenvalue weighted by molar-refractivity contribution is -0.129. The molecule has 1 aromatic rings. The van der Waals surface area contributed by atoms with Gasteiger partial charge in [0.15, 0.2) is 0 Å². The SMILES string of the molecule is CN1CCN(c2ccc(CNC(C)(C)C)cn2)CC1=O. The zero-order valence-corrected chi connectivity index (χ0v) is 12.8. The van der Waals surface area contributed by atoms with Crippen molar-refractivity contribution in [2.45, 2.75) is 32.9 Å². The molecule has 110 valence electrons. The second-order valence-electron chi connectivity index (χ2n) is 6.37. The summed E-state index contributed by atoms with van der Waals surface area (Å²) < 4.78 is 0. The fourth-order valence-corrected chi connectivity index (χ4v) is 2.03.